The number of H-pyrrole nitrogens is 1. The van der Waals surface area contributed by atoms with Crippen LogP contribution in [0, 0.1) is 5.92 Å². The van der Waals surface area contributed by atoms with Crippen LogP contribution < -0.4 is 15.0 Å². The summed E-state index contributed by atoms with van der Waals surface area (Å²) in [4.78, 5) is 29.5. The first-order chi connectivity index (χ1) is 13.5. The molecule has 1 fully saturated rings. The average Bonchev–Trinajstić information content (AvgIpc) is 3.00. The van der Waals surface area contributed by atoms with Gasteiger partial charge in [0.25, 0.3) is 5.91 Å². The Balaban J connectivity index is 1.87. The third-order valence-corrected chi connectivity index (χ3v) is 5.10. The first-order valence-corrected chi connectivity index (χ1v) is 10.1. The topological polar surface area (TPSA) is 84.9 Å². The molecule has 2 heterocycles. The molecule has 1 saturated heterocycles. The molecule has 0 aliphatic carbocycles. The molecule has 0 radical (unpaired) electrons. The monoisotopic (exact) mass is 388 g/mol. The van der Waals surface area contributed by atoms with Crippen LogP contribution in [0.5, 0.6) is 5.75 Å². The maximum absolute atomic E-state index is 12.7. The minimum Gasteiger partial charge on any atom is -0.494 e. The standard InChI is InChI=1S/C21H29N3O4/c1-4-27-15-8-9-17-16(11-15)19(20(22-17)21(26)28-5-2)23-18(25)13-24-10-6-7-14(3)12-24/h8-9,11,14,22H,4-7,10,12-13H2,1-3H3,(H,23,25)/p+1/t14-/m0/s1. The van der Waals surface area contributed by atoms with Crippen molar-refractivity contribution in [1.82, 2.24) is 4.98 Å². The van der Waals surface area contributed by atoms with Crippen molar-refractivity contribution < 1.29 is 24.0 Å². The number of amides is 1. The zero-order valence-corrected chi connectivity index (χ0v) is 16.9. The molecular formula is C21H30N3O4+. The Morgan fingerprint density at radius 3 is 2.82 bits per heavy atom. The lowest BCUT2D eigenvalue weighted by atomic mass is 10.0. The summed E-state index contributed by atoms with van der Waals surface area (Å²) in [5.41, 5.74) is 1.48. The SMILES string of the molecule is CCOC(=O)c1[nH]c2ccc(OCC)cc2c1NC(=O)C[NH+]1CCC[C@H](C)C1. The highest BCUT2D eigenvalue weighted by atomic mass is 16.5. The van der Waals surface area contributed by atoms with E-state index in [1.165, 1.54) is 11.3 Å². The van der Waals surface area contributed by atoms with Crippen LogP contribution in [0.3, 0.4) is 0 Å². The zero-order chi connectivity index (χ0) is 20.1. The number of anilines is 1. The van der Waals surface area contributed by atoms with Crippen LogP contribution >= 0.6 is 0 Å². The Kier molecular flexibility index (Phi) is 6.57. The van der Waals surface area contributed by atoms with Crippen molar-refractivity contribution >= 4 is 28.5 Å². The van der Waals surface area contributed by atoms with Crippen LogP contribution in [0.2, 0.25) is 0 Å². The molecule has 3 rings (SSSR count). The van der Waals surface area contributed by atoms with E-state index in [0.717, 1.165) is 30.4 Å². The number of hydrogen-bond donors (Lipinski definition) is 3. The highest BCUT2D eigenvalue weighted by Gasteiger charge is 2.25. The lowest BCUT2D eigenvalue weighted by Crippen LogP contribution is -3.14. The van der Waals surface area contributed by atoms with Gasteiger partial charge in [-0.05, 0) is 44.9 Å². The van der Waals surface area contributed by atoms with E-state index in [0.29, 0.717) is 30.5 Å². The highest BCUT2D eigenvalue weighted by molar-refractivity contribution is 6.11. The molecule has 1 aliphatic rings. The molecule has 0 bridgehead atoms. The van der Waals surface area contributed by atoms with Crippen LogP contribution in [0.1, 0.15) is 44.1 Å². The summed E-state index contributed by atoms with van der Waals surface area (Å²) >= 11 is 0. The van der Waals surface area contributed by atoms with Crippen LogP contribution in [0.4, 0.5) is 5.69 Å². The fourth-order valence-corrected chi connectivity index (χ4v) is 3.88. The number of piperidine rings is 1. The Hall–Kier alpha value is -2.54. The summed E-state index contributed by atoms with van der Waals surface area (Å²) in [5.74, 6) is 0.743. The maximum atomic E-state index is 12.7. The van der Waals surface area contributed by atoms with Gasteiger partial charge in [-0.15, -0.1) is 0 Å². The number of benzene rings is 1. The molecule has 1 unspecified atom stereocenters. The van der Waals surface area contributed by atoms with Gasteiger partial charge in [0, 0.05) is 16.8 Å². The molecule has 0 spiro atoms. The van der Waals surface area contributed by atoms with Crippen LogP contribution in [0.15, 0.2) is 18.2 Å². The quantitative estimate of drug-likeness (QED) is 0.634. The van der Waals surface area contributed by atoms with Gasteiger partial charge in [-0.2, -0.15) is 0 Å². The molecule has 3 N–H and O–H groups in total. The third-order valence-electron chi connectivity index (χ3n) is 5.10. The van der Waals surface area contributed by atoms with E-state index in [2.05, 4.69) is 17.2 Å². The van der Waals surface area contributed by atoms with Gasteiger partial charge in [-0.3, -0.25) is 4.79 Å². The Bertz CT molecular complexity index is 846. The normalized spacial score (nSPS) is 19.4. The second-order valence-corrected chi connectivity index (χ2v) is 7.41. The van der Waals surface area contributed by atoms with E-state index in [9.17, 15) is 9.59 Å². The molecule has 2 atom stereocenters. The Labute approximate surface area is 165 Å². The van der Waals surface area contributed by atoms with Crippen LogP contribution in [-0.4, -0.2) is 49.7 Å². The molecular weight excluding hydrogens is 358 g/mol. The summed E-state index contributed by atoms with van der Waals surface area (Å²) in [6, 6.07) is 5.52. The largest absolute Gasteiger partial charge is 0.494 e. The second-order valence-electron chi connectivity index (χ2n) is 7.41. The predicted octanol–water partition coefficient (Wildman–Crippen LogP) is 2.00. The van der Waals surface area contributed by atoms with Gasteiger partial charge in [-0.1, -0.05) is 6.92 Å². The Morgan fingerprint density at radius 2 is 2.11 bits per heavy atom. The number of aromatic nitrogens is 1. The van der Waals surface area contributed by atoms with Gasteiger partial charge in [0.15, 0.2) is 6.54 Å². The van der Waals surface area contributed by atoms with Crippen molar-refractivity contribution in [2.75, 3.05) is 38.2 Å². The minimum atomic E-state index is -0.481. The number of carbonyl (C=O) groups is 2. The third kappa shape index (κ3) is 4.65. The predicted molar refractivity (Wildman–Crippen MR) is 108 cm³/mol. The van der Waals surface area contributed by atoms with Crippen molar-refractivity contribution in [3.63, 3.8) is 0 Å². The number of esters is 1. The van der Waals surface area contributed by atoms with Crippen molar-refractivity contribution in [2.24, 2.45) is 5.92 Å². The number of rotatable bonds is 7. The number of fused-ring (bicyclic) bond motifs is 1. The van der Waals surface area contributed by atoms with E-state index >= 15 is 0 Å². The molecule has 2 aromatic rings. The van der Waals surface area contributed by atoms with Gasteiger partial charge in [0.05, 0.1) is 32.0 Å². The molecule has 1 amide bonds. The van der Waals surface area contributed by atoms with Gasteiger partial charge >= 0.3 is 5.97 Å². The van der Waals surface area contributed by atoms with Crippen molar-refractivity contribution in [3.8, 4) is 5.75 Å². The first kappa shape index (κ1) is 20.2. The first-order valence-electron chi connectivity index (χ1n) is 10.1. The zero-order valence-electron chi connectivity index (χ0n) is 16.9. The lowest BCUT2D eigenvalue weighted by Gasteiger charge is -2.27. The highest BCUT2D eigenvalue weighted by Crippen LogP contribution is 2.31. The summed E-state index contributed by atoms with van der Waals surface area (Å²) in [6.07, 6.45) is 2.36. The summed E-state index contributed by atoms with van der Waals surface area (Å²) in [5, 5.41) is 3.70. The van der Waals surface area contributed by atoms with Gasteiger partial charge in [0.2, 0.25) is 0 Å². The number of hydrogen-bond acceptors (Lipinski definition) is 4. The summed E-state index contributed by atoms with van der Waals surface area (Å²) in [6.45, 7) is 9.10. The van der Waals surface area contributed by atoms with Crippen molar-refractivity contribution in [2.45, 2.75) is 33.6 Å². The second kappa shape index (κ2) is 9.10. The average molecular weight is 388 g/mol. The van der Waals surface area contributed by atoms with Crippen LogP contribution in [0.25, 0.3) is 10.9 Å². The molecule has 152 valence electrons. The fraction of sp³-hybridized carbons (Fsp3) is 0.524. The van der Waals surface area contributed by atoms with Crippen molar-refractivity contribution in [1.29, 1.82) is 0 Å². The van der Waals surface area contributed by atoms with Gasteiger partial charge in [-0.25, -0.2) is 4.79 Å². The summed E-state index contributed by atoms with van der Waals surface area (Å²) in [7, 11) is 0. The van der Waals surface area contributed by atoms with Crippen molar-refractivity contribution in [3.05, 3.63) is 23.9 Å². The fourth-order valence-electron chi connectivity index (χ4n) is 3.88. The van der Waals surface area contributed by atoms with Crippen LogP contribution in [-0.2, 0) is 9.53 Å². The number of carbonyl (C=O) groups excluding carboxylic acids is 2. The molecule has 0 saturated carbocycles. The van der Waals surface area contributed by atoms with E-state index in [4.69, 9.17) is 9.47 Å². The number of likely N-dealkylation sites (tertiary alicyclic amines) is 1. The van der Waals surface area contributed by atoms with E-state index in [1.807, 2.05) is 25.1 Å². The number of aromatic amines is 1. The number of nitrogens with one attached hydrogen (secondary N) is 3. The van der Waals surface area contributed by atoms with E-state index in [1.54, 1.807) is 6.92 Å². The number of quaternary nitrogens is 1. The smallest absolute Gasteiger partial charge is 0.356 e. The molecule has 7 heteroatoms. The molecule has 7 nitrogen and oxygen atoms in total. The molecule has 1 aliphatic heterocycles. The lowest BCUT2D eigenvalue weighted by molar-refractivity contribution is -0.900. The maximum Gasteiger partial charge on any atom is 0.356 e. The van der Waals surface area contributed by atoms with Gasteiger partial charge < -0.3 is 24.7 Å². The van der Waals surface area contributed by atoms with E-state index in [-0.39, 0.29) is 18.2 Å². The molecule has 1 aromatic heterocycles. The Morgan fingerprint density at radius 1 is 1.29 bits per heavy atom. The molecule has 28 heavy (non-hydrogen) atoms. The summed E-state index contributed by atoms with van der Waals surface area (Å²) < 4.78 is 10.7. The number of ether oxygens (including phenoxy) is 2. The molecule has 1 aromatic carbocycles. The van der Waals surface area contributed by atoms with Gasteiger partial charge in [0.1, 0.15) is 11.4 Å². The minimum absolute atomic E-state index is 0.0997. The van der Waals surface area contributed by atoms with E-state index < -0.39 is 5.97 Å².